The van der Waals surface area contributed by atoms with E-state index in [2.05, 4.69) is 20.8 Å². The molecule has 31 heavy (non-hydrogen) atoms. The summed E-state index contributed by atoms with van der Waals surface area (Å²) >= 11 is 0. The van der Waals surface area contributed by atoms with Gasteiger partial charge in [0.1, 0.15) is 11.6 Å². The van der Waals surface area contributed by atoms with Crippen LogP contribution in [-0.4, -0.2) is 35.4 Å². The van der Waals surface area contributed by atoms with E-state index in [9.17, 15) is 19.5 Å². The normalized spacial score (nSPS) is 45.5. The van der Waals surface area contributed by atoms with Crippen LogP contribution in [0.1, 0.15) is 85.5 Å². The zero-order valence-electron chi connectivity index (χ0n) is 19.7. The van der Waals surface area contributed by atoms with Crippen LogP contribution in [0.3, 0.4) is 0 Å². The van der Waals surface area contributed by atoms with Crippen LogP contribution in [0.5, 0.6) is 0 Å². The first-order valence-corrected chi connectivity index (χ1v) is 12.5. The average Bonchev–Trinajstić information content (AvgIpc) is 3.07. The van der Waals surface area contributed by atoms with E-state index in [4.69, 9.17) is 4.74 Å². The van der Waals surface area contributed by atoms with Crippen LogP contribution in [0.4, 0.5) is 0 Å². The van der Waals surface area contributed by atoms with Gasteiger partial charge in [-0.05, 0) is 80.0 Å². The molecule has 0 spiro atoms. The quantitative estimate of drug-likeness (QED) is 0.654. The van der Waals surface area contributed by atoms with E-state index in [1.165, 1.54) is 0 Å². The molecule has 0 radical (unpaired) electrons. The third kappa shape index (κ3) is 3.59. The molecule has 0 aromatic carbocycles. The Hall–Kier alpha value is -1.23. The average molecular weight is 433 g/mol. The maximum Gasteiger partial charge on any atom is 0.305 e. The van der Waals surface area contributed by atoms with Crippen molar-refractivity contribution in [1.82, 2.24) is 0 Å². The Bertz CT molecular complexity index is 746. The minimum absolute atomic E-state index is 0.0115. The van der Waals surface area contributed by atoms with Gasteiger partial charge in [0.2, 0.25) is 0 Å². The molecule has 0 amide bonds. The number of ether oxygens (including phenoxy) is 1. The Balaban J connectivity index is 1.56. The Labute approximate surface area is 186 Å². The summed E-state index contributed by atoms with van der Waals surface area (Å²) in [5, 5.41) is 11.3. The van der Waals surface area contributed by atoms with Crippen molar-refractivity contribution in [3.63, 3.8) is 0 Å². The number of ketones is 2. The predicted molar refractivity (Wildman–Crippen MR) is 117 cm³/mol. The molecule has 4 rings (SSSR count). The molecule has 9 unspecified atom stereocenters. The van der Waals surface area contributed by atoms with Gasteiger partial charge in [0.15, 0.2) is 0 Å². The third-order valence-corrected chi connectivity index (χ3v) is 10.2. The van der Waals surface area contributed by atoms with Gasteiger partial charge in [-0.3, -0.25) is 14.4 Å². The summed E-state index contributed by atoms with van der Waals surface area (Å²) in [5.41, 5.74) is -0.424. The number of hydrogen-bond donors (Lipinski definition) is 1. The molecule has 5 heteroatoms. The van der Waals surface area contributed by atoms with E-state index in [1.54, 1.807) is 0 Å². The SMILES string of the molecule is CCOC(=O)CCC(C)C1CCC2C3C(O)CC4CC(=O)CCC4(C)C3CC(=O)C12C. The van der Waals surface area contributed by atoms with Crippen molar-refractivity contribution in [2.75, 3.05) is 6.61 Å². The Kier molecular flexibility index (Phi) is 6.13. The van der Waals surface area contributed by atoms with Gasteiger partial charge in [0.05, 0.1) is 12.7 Å². The molecule has 0 aromatic rings. The second kappa shape index (κ2) is 8.28. The largest absolute Gasteiger partial charge is 0.466 e. The summed E-state index contributed by atoms with van der Waals surface area (Å²) < 4.78 is 5.10. The fraction of sp³-hybridized carbons (Fsp3) is 0.885. The number of carbonyl (C=O) groups excluding carboxylic acids is 3. The van der Waals surface area contributed by atoms with Crippen molar-refractivity contribution >= 4 is 17.5 Å². The number of hydrogen-bond acceptors (Lipinski definition) is 5. The van der Waals surface area contributed by atoms with Gasteiger partial charge < -0.3 is 9.84 Å². The van der Waals surface area contributed by atoms with Gasteiger partial charge in [-0.2, -0.15) is 0 Å². The summed E-state index contributed by atoms with van der Waals surface area (Å²) in [6.45, 7) is 8.85. The van der Waals surface area contributed by atoms with Crippen LogP contribution >= 0.6 is 0 Å². The lowest BCUT2D eigenvalue weighted by atomic mass is 9.43. The number of Topliss-reactive ketones (excluding diaryl/α,β-unsaturated/α-hetero) is 2. The number of fused-ring (bicyclic) bond motifs is 5. The molecule has 174 valence electrons. The molecule has 4 saturated carbocycles. The van der Waals surface area contributed by atoms with Crippen molar-refractivity contribution in [2.24, 2.45) is 46.3 Å². The van der Waals surface area contributed by atoms with Gasteiger partial charge >= 0.3 is 5.97 Å². The van der Waals surface area contributed by atoms with E-state index in [0.29, 0.717) is 50.3 Å². The molecule has 5 nitrogen and oxygen atoms in total. The zero-order valence-corrected chi connectivity index (χ0v) is 19.7. The molecule has 0 aromatic heterocycles. The van der Waals surface area contributed by atoms with Crippen molar-refractivity contribution in [3.05, 3.63) is 0 Å². The monoisotopic (exact) mass is 432 g/mol. The lowest BCUT2D eigenvalue weighted by Crippen LogP contribution is -2.61. The van der Waals surface area contributed by atoms with E-state index in [0.717, 1.165) is 25.7 Å². The van der Waals surface area contributed by atoms with E-state index < -0.39 is 11.5 Å². The minimum atomic E-state index is -0.417. The second-order valence-electron chi connectivity index (χ2n) is 11.5. The van der Waals surface area contributed by atoms with E-state index >= 15 is 0 Å². The van der Waals surface area contributed by atoms with Gasteiger partial charge in [-0.25, -0.2) is 0 Å². The molecule has 0 saturated heterocycles. The maximum absolute atomic E-state index is 13.8. The van der Waals surface area contributed by atoms with Crippen LogP contribution in [0.15, 0.2) is 0 Å². The molecule has 0 aliphatic heterocycles. The van der Waals surface area contributed by atoms with Gasteiger partial charge in [-0.1, -0.05) is 20.8 Å². The number of esters is 1. The maximum atomic E-state index is 13.8. The van der Waals surface area contributed by atoms with Crippen LogP contribution in [0.2, 0.25) is 0 Å². The Morgan fingerprint density at radius 3 is 2.65 bits per heavy atom. The van der Waals surface area contributed by atoms with Crippen LogP contribution in [0, 0.1) is 46.3 Å². The van der Waals surface area contributed by atoms with Gasteiger partial charge in [-0.15, -0.1) is 0 Å². The predicted octanol–water partition coefficient (Wildman–Crippen LogP) is 4.34. The third-order valence-electron chi connectivity index (χ3n) is 10.2. The highest BCUT2D eigenvalue weighted by Crippen LogP contribution is 2.67. The highest BCUT2D eigenvalue weighted by molar-refractivity contribution is 5.87. The molecule has 9 atom stereocenters. The molecular weight excluding hydrogens is 392 g/mol. The Morgan fingerprint density at radius 1 is 1.19 bits per heavy atom. The lowest BCUT2D eigenvalue weighted by molar-refractivity contribution is -0.177. The standard InChI is InChI=1S/C26H40O5/c1-5-31-23(30)9-6-15(2)18-7-8-19-24-20(14-22(29)26(18,19)4)25(3)11-10-17(27)12-16(25)13-21(24)28/h15-16,18-21,24,28H,5-14H2,1-4H3. The molecule has 1 N–H and O–H groups in total. The van der Waals surface area contributed by atoms with Gasteiger partial charge in [0.25, 0.3) is 0 Å². The van der Waals surface area contributed by atoms with Gasteiger partial charge in [0, 0.05) is 31.1 Å². The minimum Gasteiger partial charge on any atom is -0.466 e. The lowest BCUT2D eigenvalue weighted by Gasteiger charge is -2.61. The molecule has 4 fully saturated rings. The number of carbonyl (C=O) groups is 3. The molecular formula is C26H40O5. The highest BCUT2D eigenvalue weighted by Gasteiger charge is 2.65. The van der Waals surface area contributed by atoms with Crippen molar-refractivity contribution in [2.45, 2.75) is 91.6 Å². The second-order valence-corrected chi connectivity index (χ2v) is 11.5. The topological polar surface area (TPSA) is 80.7 Å². The van der Waals surface area contributed by atoms with Crippen LogP contribution in [0.25, 0.3) is 0 Å². The smallest absolute Gasteiger partial charge is 0.305 e. The first kappa shape index (κ1) is 22.9. The summed E-state index contributed by atoms with van der Waals surface area (Å²) in [6, 6.07) is 0. The van der Waals surface area contributed by atoms with Crippen molar-refractivity contribution in [3.8, 4) is 0 Å². The molecule has 0 bridgehead atoms. The number of aliphatic hydroxyl groups excluding tert-OH is 1. The number of aliphatic hydroxyl groups is 1. The molecule has 4 aliphatic carbocycles. The molecule has 4 aliphatic rings. The van der Waals surface area contributed by atoms with Crippen molar-refractivity contribution < 1.29 is 24.2 Å². The van der Waals surface area contributed by atoms with E-state index in [-0.39, 0.29) is 46.9 Å². The molecule has 0 heterocycles. The summed E-state index contributed by atoms with van der Waals surface area (Å²) in [7, 11) is 0. The first-order chi connectivity index (χ1) is 14.6. The summed E-state index contributed by atoms with van der Waals surface area (Å²) in [5.74, 6) is 1.81. The van der Waals surface area contributed by atoms with Crippen LogP contribution in [-0.2, 0) is 19.1 Å². The van der Waals surface area contributed by atoms with E-state index in [1.807, 2.05) is 6.92 Å². The fourth-order valence-corrected chi connectivity index (χ4v) is 8.45. The summed E-state index contributed by atoms with van der Waals surface area (Å²) in [4.78, 5) is 37.7. The van der Waals surface area contributed by atoms with Crippen molar-refractivity contribution in [1.29, 1.82) is 0 Å². The van der Waals surface area contributed by atoms with Crippen LogP contribution < -0.4 is 0 Å². The fourth-order valence-electron chi connectivity index (χ4n) is 8.45. The first-order valence-electron chi connectivity index (χ1n) is 12.5. The summed E-state index contributed by atoms with van der Waals surface area (Å²) in [6.07, 6.45) is 6.00. The Morgan fingerprint density at radius 2 is 1.94 bits per heavy atom. The number of rotatable bonds is 5. The highest BCUT2D eigenvalue weighted by atomic mass is 16.5. The zero-order chi connectivity index (χ0) is 22.6.